The predicted molar refractivity (Wildman–Crippen MR) is 74.5 cm³/mol. The zero-order chi connectivity index (χ0) is 15.6. The molecule has 0 amide bonds. The normalized spacial score (nSPS) is 11.4. The van der Waals surface area contributed by atoms with Crippen molar-refractivity contribution in [3.05, 3.63) is 55.8 Å². The first-order valence-electron chi connectivity index (χ1n) is 5.91. The Morgan fingerprint density at radius 2 is 2.05 bits per heavy atom. The van der Waals surface area contributed by atoms with E-state index in [4.69, 9.17) is 0 Å². The lowest BCUT2D eigenvalue weighted by molar-refractivity contribution is -0.384. The lowest BCUT2D eigenvalue weighted by Crippen LogP contribution is -2.08. The number of thiophene rings is 1. The molecule has 2 aromatic rings. The molecular weight excluding hydrogens is 305 g/mol. The Balaban J connectivity index is 2.27. The van der Waals surface area contributed by atoms with E-state index in [9.17, 15) is 23.3 Å². The number of nitrogens with one attached hydrogen (secondary N) is 1. The van der Waals surface area contributed by atoms with Crippen molar-refractivity contribution in [2.75, 3.05) is 5.32 Å². The van der Waals surface area contributed by atoms with E-state index in [-0.39, 0.29) is 5.69 Å². The monoisotopic (exact) mass is 316 g/mol. The molecule has 1 aromatic heterocycles. The number of rotatable bonds is 4. The molecule has 112 valence electrons. The maximum atomic E-state index is 12.6. The number of nitro groups is 1. The zero-order valence-corrected chi connectivity index (χ0v) is 11.7. The van der Waals surface area contributed by atoms with E-state index in [1.165, 1.54) is 11.3 Å². The van der Waals surface area contributed by atoms with Gasteiger partial charge in [0, 0.05) is 17.5 Å². The third-order valence-electron chi connectivity index (χ3n) is 2.93. The molecule has 4 nitrogen and oxygen atoms in total. The smallest absolute Gasteiger partial charge is 0.375 e. The van der Waals surface area contributed by atoms with Gasteiger partial charge in [0.05, 0.1) is 10.5 Å². The third kappa shape index (κ3) is 3.52. The first-order valence-corrected chi connectivity index (χ1v) is 6.79. The number of nitro benzene ring substituents is 1. The van der Waals surface area contributed by atoms with E-state index in [1.807, 2.05) is 18.4 Å². The number of aryl methyl sites for hydroxylation is 1. The van der Waals surface area contributed by atoms with Crippen LogP contribution in [-0.4, -0.2) is 4.92 Å². The van der Waals surface area contributed by atoms with Gasteiger partial charge in [-0.3, -0.25) is 10.1 Å². The molecule has 0 saturated heterocycles. The van der Waals surface area contributed by atoms with Crippen molar-refractivity contribution in [3.63, 3.8) is 0 Å². The maximum Gasteiger partial charge on any atom is 0.416 e. The van der Waals surface area contributed by atoms with Crippen LogP contribution >= 0.6 is 11.3 Å². The molecular formula is C13H11F3N2O2S. The zero-order valence-electron chi connectivity index (χ0n) is 10.9. The summed E-state index contributed by atoms with van der Waals surface area (Å²) in [6.45, 7) is 2.23. The van der Waals surface area contributed by atoms with Crippen LogP contribution in [0.2, 0.25) is 0 Å². The Labute approximate surface area is 122 Å². The second-order valence-corrected chi connectivity index (χ2v) is 5.37. The van der Waals surface area contributed by atoms with Gasteiger partial charge in [-0.1, -0.05) is 0 Å². The van der Waals surface area contributed by atoms with Crippen LogP contribution in [0.3, 0.4) is 0 Å². The quantitative estimate of drug-likeness (QED) is 0.662. The minimum Gasteiger partial charge on any atom is -0.375 e. The molecule has 1 heterocycles. The first kappa shape index (κ1) is 15.3. The molecule has 0 unspecified atom stereocenters. The average Bonchev–Trinajstić information content (AvgIpc) is 2.80. The molecule has 0 bridgehead atoms. The number of nitrogens with zero attached hydrogens (tertiary/aromatic N) is 1. The highest BCUT2D eigenvalue weighted by Crippen LogP contribution is 2.35. The van der Waals surface area contributed by atoms with Gasteiger partial charge in [0.2, 0.25) is 0 Å². The van der Waals surface area contributed by atoms with Crippen LogP contribution in [0.5, 0.6) is 0 Å². The van der Waals surface area contributed by atoms with Crippen LogP contribution in [0.4, 0.5) is 24.5 Å². The third-order valence-corrected chi connectivity index (χ3v) is 3.95. The number of hydrogen-bond donors (Lipinski definition) is 1. The Morgan fingerprint density at radius 1 is 1.33 bits per heavy atom. The highest BCUT2D eigenvalue weighted by Gasteiger charge is 2.33. The standard InChI is InChI=1S/C13H11F3N2O2S/c1-8-4-5-21-12(8)7-17-10-3-2-9(13(14,15)16)6-11(10)18(19)20/h2-6,17H,7H2,1H3. The fourth-order valence-corrected chi connectivity index (χ4v) is 2.62. The van der Waals surface area contributed by atoms with Gasteiger partial charge >= 0.3 is 6.18 Å². The Hall–Kier alpha value is -2.09. The highest BCUT2D eigenvalue weighted by molar-refractivity contribution is 7.10. The molecule has 0 radical (unpaired) electrons. The van der Waals surface area contributed by atoms with Gasteiger partial charge in [0.15, 0.2) is 0 Å². The van der Waals surface area contributed by atoms with Gasteiger partial charge in [-0.15, -0.1) is 11.3 Å². The maximum absolute atomic E-state index is 12.6. The van der Waals surface area contributed by atoms with Gasteiger partial charge in [-0.2, -0.15) is 13.2 Å². The largest absolute Gasteiger partial charge is 0.416 e. The second kappa shape index (κ2) is 5.72. The van der Waals surface area contributed by atoms with Crippen LogP contribution in [0, 0.1) is 17.0 Å². The van der Waals surface area contributed by atoms with Gasteiger partial charge in [-0.05, 0) is 36.1 Å². The molecule has 0 fully saturated rings. The van der Waals surface area contributed by atoms with Crippen LogP contribution in [0.1, 0.15) is 16.0 Å². The minimum atomic E-state index is -4.60. The van der Waals surface area contributed by atoms with Crippen molar-refractivity contribution in [3.8, 4) is 0 Å². The number of alkyl halides is 3. The van der Waals surface area contributed by atoms with E-state index in [2.05, 4.69) is 5.32 Å². The molecule has 2 rings (SSSR count). The van der Waals surface area contributed by atoms with Crippen LogP contribution < -0.4 is 5.32 Å². The van der Waals surface area contributed by atoms with E-state index in [0.29, 0.717) is 12.6 Å². The van der Waals surface area contributed by atoms with Crippen LogP contribution in [-0.2, 0) is 12.7 Å². The summed E-state index contributed by atoms with van der Waals surface area (Å²) >= 11 is 1.48. The van der Waals surface area contributed by atoms with E-state index >= 15 is 0 Å². The Bertz CT molecular complexity index is 668. The molecule has 1 aromatic carbocycles. The van der Waals surface area contributed by atoms with Crippen LogP contribution in [0.25, 0.3) is 0 Å². The molecule has 1 N–H and O–H groups in total. The number of hydrogen-bond acceptors (Lipinski definition) is 4. The second-order valence-electron chi connectivity index (χ2n) is 4.37. The fraction of sp³-hybridized carbons (Fsp3) is 0.231. The molecule has 0 atom stereocenters. The summed E-state index contributed by atoms with van der Waals surface area (Å²) in [6.07, 6.45) is -4.60. The summed E-state index contributed by atoms with van der Waals surface area (Å²) in [6, 6.07) is 4.37. The van der Waals surface area contributed by atoms with Gasteiger partial charge in [0.25, 0.3) is 5.69 Å². The van der Waals surface area contributed by atoms with Gasteiger partial charge in [-0.25, -0.2) is 0 Å². The lowest BCUT2D eigenvalue weighted by Gasteiger charge is -2.10. The summed E-state index contributed by atoms with van der Waals surface area (Å²) in [5.74, 6) is 0. The minimum absolute atomic E-state index is 0.0702. The van der Waals surface area contributed by atoms with E-state index < -0.39 is 22.4 Å². The first-order chi connectivity index (χ1) is 9.79. The summed E-state index contributed by atoms with van der Waals surface area (Å²) in [5.41, 5.74) is -0.519. The van der Waals surface area contributed by atoms with E-state index in [1.54, 1.807) is 0 Å². The molecule has 0 aliphatic rings. The SMILES string of the molecule is Cc1ccsc1CNc1ccc(C(F)(F)F)cc1[N+](=O)[O-]. The van der Waals surface area contributed by atoms with Crippen molar-refractivity contribution in [2.24, 2.45) is 0 Å². The van der Waals surface area contributed by atoms with E-state index in [0.717, 1.165) is 22.6 Å². The van der Waals surface area contributed by atoms with Crippen LogP contribution in [0.15, 0.2) is 29.6 Å². The predicted octanol–water partition coefficient (Wildman–Crippen LogP) is 4.60. The van der Waals surface area contributed by atoms with Crippen molar-refractivity contribution in [2.45, 2.75) is 19.6 Å². The summed E-state index contributed by atoms with van der Waals surface area (Å²) < 4.78 is 37.8. The number of halogens is 3. The summed E-state index contributed by atoms with van der Waals surface area (Å²) in [5, 5.41) is 15.6. The van der Waals surface area contributed by atoms with Crippen molar-refractivity contribution >= 4 is 22.7 Å². The van der Waals surface area contributed by atoms with Gasteiger partial charge < -0.3 is 5.32 Å². The molecule has 0 saturated carbocycles. The topological polar surface area (TPSA) is 55.2 Å². The average molecular weight is 316 g/mol. The Morgan fingerprint density at radius 3 is 2.57 bits per heavy atom. The number of benzene rings is 1. The van der Waals surface area contributed by atoms with Crippen molar-refractivity contribution in [1.82, 2.24) is 0 Å². The Kier molecular flexibility index (Phi) is 4.17. The molecule has 0 spiro atoms. The highest BCUT2D eigenvalue weighted by atomic mass is 32.1. The lowest BCUT2D eigenvalue weighted by atomic mass is 10.1. The van der Waals surface area contributed by atoms with Gasteiger partial charge in [0.1, 0.15) is 5.69 Å². The fourth-order valence-electron chi connectivity index (χ4n) is 1.77. The molecule has 8 heteroatoms. The molecule has 21 heavy (non-hydrogen) atoms. The van der Waals surface area contributed by atoms with Crippen molar-refractivity contribution < 1.29 is 18.1 Å². The molecule has 0 aliphatic heterocycles. The van der Waals surface area contributed by atoms with Crippen molar-refractivity contribution in [1.29, 1.82) is 0 Å². The summed E-state index contributed by atoms with van der Waals surface area (Å²) in [4.78, 5) is 11.1. The number of anilines is 1. The molecule has 0 aliphatic carbocycles. The summed E-state index contributed by atoms with van der Waals surface area (Å²) in [7, 11) is 0.